The normalized spacial score (nSPS) is 21.7. The van der Waals surface area contributed by atoms with E-state index in [0.717, 1.165) is 11.3 Å². The van der Waals surface area contributed by atoms with Crippen LogP contribution in [0.1, 0.15) is 13.3 Å². The molecular weight excluding hydrogens is 211 g/mol. The third-order valence-electron chi connectivity index (χ3n) is 2.41. The minimum atomic E-state index is -4.77. The highest BCUT2D eigenvalue weighted by molar-refractivity contribution is 5.81. The minimum absolute atomic E-state index is 0.0382. The molecule has 1 unspecified atom stereocenters. The van der Waals surface area contributed by atoms with Gasteiger partial charge in [-0.1, -0.05) is 0 Å². The number of carbonyl (C=O) groups is 1. The van der Waals surface area contributed by atoms with Crippen molar-refractivity contribution in [2.24, 2.45) is 5.92 Å². The van der Waals surface area contributed by atoms with Gasteiger partial charge in [0.05, 0.1) is 6.61 Å². The lowest BCUT2D eigenvalue weighted by Crippen LogP contribution is -2.43. The lowest BCUT2D eigenvalue weighted by Gasteiger charge is -2.24. The predicted octanol–water partition coefficient (Wildman–Crippen LogP) is 1.43. The molecule has 3 nitrogen and oxygen atoms in total. The van der Waals surface area contributed by atoms with Gasteiger partial charge in [0, 0.05) is 25.6 Å². The summed E-state index contributed by atoms with van der Waals surface area (Å²) in [4.78, 5) is 11.8. The summed E-state index contributed by atoms with van der Waals surface area (Å²) in [5.41, 5.74) is 0. The Morgan fingerprint density at radius 2 is 2.20 bits per heavy atom. The molecule has 0 aromatic rings. The number of nitrogens with zero attached hydrogens (tertiary/aromatic N) is 1. The lowest BCUT2D eigenvalue weighted by molar-refractivity contribution is -0.185. The van der Waals surface area contributed by atoms with E-state index in [4.69, 9.17) is 4.74 Å². The van der Waals surface area contributed by atoms with Gasteiger partial charge in [-0.05, 0) is 13.3 Å². The maximum atomic E-state index is 12.1. The highest BCUT2D eigenvalue weighted by atomic mass is 19.4. The summed E-state index contributed by atoms with van der Waals surface area (Å²) >= 11 is 0. The first kappa shape index (κ1) is 12.3. The maximum Gasteiger partial charge on any atom is 0.471 e. The van der Waals surface area contributed by atoms with Crippen molar-refractivity contribution in [3.8, 4) is 0 Å². The van der Waals surface area contributed by atoms with Gasteiger partial charge in [-0.2, -0.15) is 13.2 Å². The molecule has 0 N–H and O–H groups in total. The first-order valence-electron chi connectivity index (χ1n) is 4.89. The predicted molar refractivity (Wildman–Crippen MR) is 47.2 cm³/mol. The summed E-state index contributed by atoms with van der Waals surface area (Å²) in [5.74, 6) is -1.71. The Balaban J connectivity index is 2.51. The number of hydrogen-bond donors (Lipinski definition) is 0. The molecule has 1 aliphatic heterocycles. The number of rotatable bonds is 3. The molecule has 1 fully saturated rings. The number of carbonyl (C=O) groups excluding carboxylic acids is 1. The van der Waals surface area contributed by atoms with Gasteiger partial charge in [-0.15, -0.1) is 0 Å². The highest BCUT2D eigenvalue weighted by Gasteiger charge is 2.42. The molecule has 0 spiro atoms. The monoisotopic (exact) mass is 225 g/mol. The molecule has 0 aromatic heterocycles. The van der Waals surface area contributed by atoms with E-state index in [1.54, 1.807) is 6.92 Å². The molecule has 1 rings (SSSR count). The smallest absolute Gasteiger partial charge is 0.381 e. The summed E-state index contributed by atoms with van der Waals surface area (Å²) in [6.45, 7) is 2.77. The van der Waals surface area contributed by atoms with Crippen LogP contribution in [0, 0.1) is 5.92 Å². The van der Waals surface area contributed by atoms with Crippen LogP contribution in [-0.4, -0.2) is 43.3 Å². The van der Waals surface area contributed by atoms with Crippen LogP contribution in [0.5, 0.6) is 0 Å². The Labute approximate surface area is 86.2 Å². The zero-order valence-electron chi connectivity index (χ0n) is 8.51. The first-order chi connectivity index (χ1) is 6.95. The Bertz CT molecular complexity index is 224. The molecule has 1 atom stereocenters. The second-order valence-corrected chi connectivity index (χ2v) is 3.57. The van der Waals surface area contributed by atoms with Gasteiger partial charge in [0.1, 0.15) is 0 Å². The Hall–Kier alpha value is -0.780. The minimum Gasteiger partial charge on any atom is -0.381 e. The number of amides is 1. The van der Waals surface area contributed by atoms with E-state index in [0.29, 0.717) is 13.2 Å². The Morgan fingerprint density at radius 3 is 2.60 bits per heavy atom. The van der Waals surface area contributed by atoms with E-state index in [1.807, 2.05) is 0 Å². The second kappa shape index (κ2) is 4.83. The fraction of sp³-hybridized carbons (Fsp3) is 0.889. The SMILES string of the molecule is CCN(CC1CCOC1)C(=O)C(F)(F)F. The average molecular weight is 225 g/mol. The molecule has 0 aromatic carbocycles. The summed E-state index contributed by atoms with van der Waals surface area (Å²) in [7, 11) is 0. The van der Waals surface area contributed by atoms with Crippen LogP contribution in [0.25, 0.3) is 0 Å². The van der Waals surface area contributed by atoms with Crippen molar-refractivity contribution >= 4 is 5.91 Å². The summed E-state index contributed by atoms with van der Waals surface area (Å²) in [6.07, 6.45) is -4.04. The van der Waals surface area contributed by atoms with Gasteiger partial charge in [-0.3, -0.25) is 4.79 Å². The number of ether oxygens (including phenoxy) is 1. The van der Waals surface area contributed by atoms with Crippen molar-refractivity contribution in [3.05, 3.63) is 0 Å². The van der Waals surface area contributed by atoms with Crippen LogP contribution in [0.15, 0.2) is 0 Å². The zero-order chi connectivity index (χ0) is 11.5. The maximum absolute atomic E-state index is 12.1. The zero-order valence-corrected chi connectivity index (χ0v) is 8.51. The van der Waals surface area contributed by atoms with Crippen molar-refractivity contribution in [3.63, 3.8) is 0 Å². The topological polar surface area (TPSA) is 29.5 Å². The largest absolute Gasteiger partial charge is 0.471 e. The molecule has 15 heavy (non-hydrogen) atoms. The van der Waals surface area contributed by atoms with Crippen LogP contribution < -0.4 is 0 Å². The molecule has 1 aliphatic rings. The summed E-state index contributed by atoms with van der Waals surface area (Å²) in [6, 6.07) is 0. The molecule has 88 valence electrons. The third-order valence-corrected chi connectivity index (χ3v) is 2.41. The second-order valence-electron chi connectivity index (χ2n) is 3.57. The van der Waals surface area contributed by atoms with Gasteiger partial charge in [-0.25, -0.2) is 0 Å². The lowest BCUT2D eigenvalue weighted by atomic mass is 10.1. The van der Waals surface area contributed by atoms with E-state index < -0.39 is 12.1 Å². The van der Waals surface area contributed by atoms with E-state index >= 15 is 0 Å². The van der Waals surface area contributed by atoms with Gasteiger partial charge in [0.15, 0.2) is 0 Å². The molecule has 0 radical (unpaired) electrons. The van der Waals surface area contributed by atoms with E-state index in [2.05, 4.69) is 0 Å². The van der Waals surface area contributed by atoms with Crippen molar-refractivity contribution in [2.75, 3.05) is 26.3 Å². The van der Waals surface area contributed by atoms with E-state index in [9.17, 15) is 18.0 Å². The van der Waals surface area contributed by atoms with E-state index in [1.165, 1.54) is 0 Å². The fourth-order valence-corrected chi connectivity index (χ4v) is 1.57. The quantitative estimate of drug-likeness (QED) is 0.727. The van der Waals surface area contributed by atoms with Crippen molar-refractivity contribution in [2.45, 2.75) is 19.5 Å². The number of hydrogen-bond acceptors (Lipinski definition) is 2. The van der Waals surface area contributed by atoms with Gasteiger partial charge in [0.2, 0.25) is 0 Å². The fourth-order valence-electron chi connectivity index (χ4n) is 1.57. The molecule has 1 saturated heterocycles. The Kier molecular flexibility index (Phi) is 3.96. The van der Waals surface area contributed by atoms with Crippen molar-refractivity contribution in [1.82, 2.24) is 4.90 Å². The van der Waals surface area contributed by atoms with Gasteiger partial charge in [0.25, 0.3) is 0 Å². The summed E-state index contributed by atoms with van der Waals surface area (Å²) < 4.78 is 41.5. The third kappa shape index (κ3) is 3.37. The molecule has 0 saturated carbocycles. The average Bonchev–Trinajstić information content (AvgIpc) is 2.64. The molecule has 6 heteroatoms. The van der Waals surface area contributed by atoms with Crippen LogP contribution >= 0.6 is 0 Å². The Morgan fingerprint density at radius 1 is 1.53 bits per heavy atom. The molecule has 0 aliphatic carbocycles. The highest BCUT2D eigenvalue weighted by Crippen LogP contribution is 2.21. The van der Waals surface area contributed by atoms with Crippen molar-refractivity contribution in [1.29, 1.82) is 0 Å². The van der Waals surface area contributed by atoms with Gasteiger partial charge < -0.3 is 9.64 Å². The van der Waals surface area contributed by atoms with Crippen LogP contribution in [0.3, 0.4) is 0 Å². The van der Waals surface area contributed by atoms with Crippen LogP contribution in [0.4, 0.5) is 13.2 Å². The summed E-state index contributed by atoms with van der Waals surface area (Å²) in [5, 5.41) is 0. The van der Waals surface area contributed by atoms with Crippen LogP contribution in [-0.2, 0) is 9.53 Å². The number of alkyl halides is 3. The molecule has 0 bridgehead atoms. The molecule has 1 amide bonds. The van der Waals surface area contributed by atoms with Crippen molar-refractivity contribution < 1.29 is 22.7 Å². The first-order valence-corrected chi connectivity index (χ1v) is 4.89. The number of halogens is 3. The van der Waals surface area contributed by atoms with Gasteiger partial charge >= 0.3 is 12.1 Å². The standard InChI is InChI=1S/C9H14F3NO2/c1-2-13(8(14)9(10,11)12)5-7-3-4-15-6-7/h7H,2-6H2,1H3. The molecular formula is C9H14F3NO2. The molecule has 1 heterocycles. The van der Waals surface area contributed by atoms with E-state index in [-0.39, 0.29) is 19.0 Å². The van der Waals surface area contributed by atoms with Crippen LogP contribution in [0.2, 0.25) is 0 Å².